The number of likely N-dealkylation sites (tertiary alicyclic amines) is 1. The van der Waals surface area contributed by atoms with E-state index in [4.69, 9.17) is 9.47 Å². The van der Waals surface area contributed by atoms with Crippen LogP contribution in [0, 0.1) is 5.92 Å². The Labute approximate surface area is 147 Å². The molecule has 3 rings (SSSR count). The van der Waals surface area contributed by atoms with Gasteiger partial charge in [-0.25, -0.2) is 9.59 Å². The highest BCUT2D eigenvalue weighted by Gasteiger charge is 2.46. The van der Waals surface area contributed by atoms with Crippen molar-refractivity contribution in [2.24, 2.45) is 5.92 Å². The van der Waals surface area contributed by atoms with E-state index in [1.807, 2.05) is 46.1 Å². The van der Waals surface area contributed by atoms with Crippen LogP contribution >= 0.6 is 0 Å². The molecule has 0 N–H and O–H groups in total. The Bertz CT molecular complexity index is 698. The van der Waals surface area contributed by atoms with Crippen molar-refractivity contribution in [3.05, 3.63) is 11.6 Å². The van der Waals surface area contributed by atoms with Crippen LogP contribution in [0.4, 0.5) is 4.79 Å². The third-order valence-corrected chi connectivity index (χ3v) is 4.20. The third-order valence-electron chi connectivity index (χ3n) is 4.20. The van der Waals surface area contributed by atoms with Crippen molar-refractivity contribution >= 4 is 12.1 Å². The SMILES string of the molecule is CC(C)(C)OC(=O)c1nnc2n1CC1CN(C(=O)OC(C)(C)C)CC21. The van der Waals surface area contributed by atoms with Gasteiger partial charge in [0.1, 0.15) is 17.0 Å². The van der Waals surface area contributed by atoms with E-state index in [0.29, 0.717) is 19.6 Å². The lowest BCUT2D eigenvalue weighted by atomic mass is 10.00. The Morgan fingerprint density at radius 2 is 1.60 bits per heavy atom. The van der Waals surface area contributed by atoms with Crippen LogP contribution in [0.25, 0.3) is 0 Å². The molecular weight excluding hydrogens is 324 g/mol. The van der Waals surface area contributed by atoms with Gasteiger partial charge in [0.05, 0.1) is 0 Å². The number of amides is 1. The lowest BCUT2D eigenvalue weighted by Crippen LogP contribution is -2.36. The van der Waals surface area contributed by atoms with Crippen molar-refractivity contribution in [3.8, 4) is 0 Å². The van der Waals surface area contributed by atoms with E-state index < -0.39 is 17.2 Å². The lowest BCUT2D eigenvalue weighted by molar-refractivity contribution is 0.00481. The van der Waals surface area contributed by atoms with Crippen LogP contribution in [0.1, 0.15) is 63.9 Å². The van der Waals surface area contributed by atoms with Crippen molar-refractivity contribution < 1.29 is 19.1 Å². The molecule has 2 atom stereocenters. The Hall–Kier alpha value is -2.12. The van der Waals surface area contributed by atoms with Gasteiger partial charge in [-0.3, -0.25) is 0 Å². The Kier molecular flexibility index (Phi) is 4.04. The smallest absolute Gasteiger partial charge is 0.410 e. The molecule has 1 saturated heterocycles. The molecule has 8 nitrogen and oxygen atoms in total. The number of hydrogen-bond donors (Lipinski definition) is 0. The zero-order valence-corrected chi connectivity index (χ0v) is 15.7. The molecule has 8 heteroatoms. The van der Waals surface area contributed by atoms with Crippen LogP contribution in [-0.2, 0) is 16.0 Å². The van der Waals surface area contributed by atoms with E-state index in [2.05, 4.69) is 10.2 Å². The number of hydrogen-bond acceptors (Lipinski definition) is 6. The Morgan fingerprint density at radius 1 is 0.960 bits per heavy atom. The molecule has 2 unspecified atom stereocenters. The molecule has 25 heavy (non-hydrogen) atoms. The van der Waals surface area contributed by atoms with Crippen LogP contribution < -0.4 is 0 Å². The van der Waals surface area contributed by atoms with Crippen molar-refractivity contribution in [2.75, 3.05) is 13.1 Å². The quantitative estimate of drug-likeness (QED) is 0.722. The molecule has 0 bridgehead atoms. The fourth-order valence-electron chi connectivity index (χ4n) is 3.30. The summed E-state index contributed by atoms with van der Waals surface area (Å²) in [6.45, 7) is 12.8. The predicted molar refractivity (Wildman–Crippen MR) is 89.2 cm³/mol. The Balaban J connectivity index is 1.72. The van der Waals surface area contributed by atoms with Crippen LogP contribution in [0.2, 0.25) is 0 Å². The van der Waals surface area contributed by atoms with Gasteiger partial charge < -0.3 is 18.9 Å². The number of ether oxygens (including phenoxy) is 2. The maximum absolute atomic E-state index is 12.3. The topological polar surface area (TPSA) is 86.5 Å². The summed E-state index contributed by atoms with van der Waals surface area (Å²) in [7, 11) is 0. The van der Waals surface area contributed by atoms with E-state index in [1.165, 1.54) is 0 Å². The van der Waals surface area contributed by atoms with Crippen LogP contribution in [0.3, 0.4) is 0 Å². The normalized spacial score (nSPS) is 22.6. The first-order valence-corrected chi connectivity index (χ1v) is 8.59. The summed E-state index contributed by atoms with van der Waals surface area (Å²) in [5.74, 6) is 0.825. The second-order valence-electron chi connectivity index (χ2n) is 8.75. The molecule has 2 aliphatic rings. The molecule has 0 radical (unpaired) electrons. The summed E-state index contributed by atoms with van der Waals surface area (Å²) in [6, 6.07) is 0. The van der Waals surface area contributed by atoms with Gasteiger partial charge in [-0.15, -0.1) is 10.2 Å². The van der Waals surface area contributed by atoms with Crippen molar-refractivity contribution in [1.29, 1.82) is 0 Å². The predicted octanol–water partition coefficient (Wildman–Crippen LogP) is 2.20. The van der Waals surface area contributed by atoms with Crippen molar-refractivity contribution in [2.45, 2.75) is 65.2 Å². The number of fused-ring (bicyclic) bond motifs is 3. The zero-order chi connectivity index (χ0) is 18.6. The molecule has 3 heterocycles. The molecule has 1 fully saturated rings. The highest BCUT2D eigenvalue weighted by molar-refractivity contribution is 5.85. The number of rotatable bonds is 1. The van der Waals surface area contributed by atoms with Crippen LogP contribution in [0.5, 0.6) is 0 Å². The van der Waals surface area contributed by atoms with E-state index in [9.17, 15) is 9.59 Å². The van der Waals surface area contributed by atoms with Gasteiger partial charge in [0.25, 0.3) is 0 Å². The molecule has 0 saturated carbocycles. The molecule has 0 spiro atoms. The zero-order valence-electron chi connectivity index (χ0n) is 15.7. The summed E-state index contributed by atoms with van der Waals surface area (Å²) < 4.78 is 12.7. The minimum atomic E-state index is -0.578. The summed E-state index contributed by atoms with van der Waals surface area (Å²) >= 11 is 0. The van der Waals surface area contributed by atoms with Gasteiger partial charge >= 0.3 is 12.1 Å². The van der Waals surface area contributed by atoms with Crippen molar-refractivity contribution in [1.82, 2.24) is 19.7 Å². The number of carbonyl (C=O) groups is 2. The minimum Gasteiger partial charge on any atom is -0.454 e. The summed E-state index contributed by atoms with van der Waals surface area (Å²) in [6.07, 6.45) is -0.305. The second kappa shape index (κ2) is 5.71. The molecule has 138 valence electrons. The maximum Gasteiger partial charge on any atom is 0.410 e. The highest BCUT2D eigenvalue weighted by Crippen LogP contribution is 2.39. The number of esters is 1. The monoisotopic (exact) mass is 350 g/mol. The molecule has 1 amide bonds. The first-order valence-electron chi connectivity index (χ1n) is 8.59. The van der Waals surface area contributed by atoms with Gasteiger partial charge in [0.15, 0.2) is 0 Å². The summed E-state index contributed by atoms with van der Waals surface area (Å²) in [5.41, 5.74) is -1.09. The second-order valence-corrected chi connectivity index (χ2v) is 8.75. The molecule has 1 aromatic rings. The average Bonchev–Trinajstić information content (AvgIpc) is 3.03. The first kappa shape index (κ1) is 17.7. The van der Waals surface area contributed by atoms with E-state index >= 15 is 0 Å². The van der Waals surface area contributed by atoms with Gasteiger partial charge in [-0.1, -0.05) is 0 Å². The summed E-state index contributed by atoms with van der Waals surface area (Å²) in [5, 5.41) is 8.21. The van der Waals surface area contributed by atoms with Gasteiger partial charge in [0.2, 0.25) is 5.82 Å². The molecule has 2 aliphatic heterocycles. The van der Waals surface area contributed by atoms with Crippen LogP contribution in [-0.4, -0.2) is 56.0 Å². The van der Waals surface area contributed by atoms with Crippen molar-refractivity contribution in [3.63, 3.8) is 0 Å². The van der Waals surface area contributed by atoms with Crippen LogP contribution in [0.15, 0.2) is 0 Å². The van der Waals surface area contributed by atoms with Gasteiger partial charge in [-0.05, 0) is 41.5 Å². The molecular formula is C17H26N4O4. The fraction of sp³-hybridized carbons (Fsp3) is 0.765. The average molecular weight is 350 g/mol. The maximum atomic E-state index is 12.3. The number of carbonyl (C=O) groups excluding carboxylic acids is 2. The highest BCUT2D eigenvalue weighted by atomic mass is 16.6. The summed E-state index contributed by atoms with van der Waals surface area (Å²) in [4.78, 5) is 26.3. The van der Waals surface area contributed by atoms with Gasteiger partial charge in [0, 0.05) is 31.5 Å². The molecule has 1 aromatic heterocycles. The largest absolute Gasteiger partial charge is 0.454 e. The fourth-order valence-corrected chi connectivity index (χ4v) is 3.30. The third kappa shape index (κ3) is 3.62. The first-order chi connectivity index (χ1) is 11.4. The minimum absolute atomic E-state index is 0.0798. The van der Waals surface area contributed by atoms with Gasteiger partial charge in [-0.2, -0.15) is 0 Å². The number of nitrogens with zero attached hydrogens (tertiary/aromatic N) is 4. The van der Waals surface area contributed by atoms with E-state index in [0.717, 1.165) is 5.82 Å². The molecule has 0 aliphatic carbocycles. The lowest BCUT2D eigenvalue weighted by Gasteiger charge is -2.24. The standard InChI is InChI=1S/C17H26N4O4/c1-16(2,3)24-14(22)13-19-18-12-11-9-20(7-10(11)8-21(12)13)15(23)25-17(4,5)6/h10-11H,7-9H2,1-6H3. The number of aromatic nitrogens is 3. The van der Waals surface area contributed by atoms with E-state index in [1.54, 1.807) is 4.90 Å². The Morgan fingerprint density at radius 3 is 2.20 bits per heavy atom. The van der Waals surface area contributed by atoms with E-state index in [-0.39, 0.29) is 23.8 Å². The molecule has 0 aromatic carbocycles.